The number of nitrogens with zero attached hydrogens (tertiary/aromatic N) is 8. The molecule has 7 rings (SSSR count). The lowest BCUT2D eigenvalue weighted by atomic mass is 9.97. The first-order chi connectivity index (χ1) is 24.4. The number of hydrogen-bond donors (Lipinski definition) is 0. The van der Waals surface area contributed by atoms with Crippen LogP contribution in [0.2, 0.25) is 0 Å². The standard InChI is InChI=1S/C38H40N8O4/c1-3-28(2)46-37(47)45(27-42-46)34-9-7-32(8-10-34)43-17-19-44(20-18-43)33-11-13-35(14-12-33)48-25-36-26-49-38(50-36,22-30-15-16-40-41-24-30)31-6-4-5-29(21-31)23-39/h4-16,21,24,27-28,36H,3,17-20,22,25-26H2,1-2H3/t28?,36-,38-/m1/s1. The normalized spacial score (nSPS) is 19.7. The molecule has 0 bridgehead atoms. The van der Waals surface area contributed by atoms with Crippen LogP contribution in [0.4, 0.5) is 11.4 Å². The van der Waals surface area contributed by atoms with Gasteiger partial charge < -0.3 is 24.0 Å². The summed E-state index contributed by atoms with van der Waals surface area (Å²) >= 11 is 0. The van der Waals surface area contributed by atoms with Crippen molar-refractivity contribution in [1.82, 2.24) is 24.5 Å². The molecule has 1 unspecified atom stereocenters. The molecule has 0 saturated carbocycles. The molecule has 0 amide bonds. The summed E-state index contributed by atoms with van der Waals surface area (Å²) in [6.07, 6.45) is 5.91. The van der Waals surface area contributed by atoms with Crippen LogP contribution in [0.3, 0.4) is 0 Å². The molecule has 12 heteroatoms. The van der Waals surface area contributed by atoms with Gasteiger partial charge in [0.1, 0.15) is 24.8 Å². The Hall–Kier alpha value is -5.51. The van der Waals surface area contributed by atoms with Crippen molar-refractivity contribution in [2.75, 3.05) is 49.2 Å². The Balaban J connectivity index is 0.928. The minimum atomic E-state index is -1.06. The van der Waals surface area contributed by atoms with Crippen LogP contribution in [0.25, 0.3) is 5.69 Å². The van der Waals surface area contributed by atoms with Crippen molar-refractivity contribution in [2.24, 2.45) is 0 Å². The van der Waals surface area contributed by atoms with Crippen molar-refractivity contribution in [3.63, 3.8) is 0 Å². The van der Waals surface area contributed by atoms with Crippen LogP contribution in [-0.4, -0.2) is 70.0 Å². The zero-order valence-electron chi connectivity index (χ0n) is 28.3. The highest BCUT2D eigenvalue weighted by Gasteiger charge is 2.44. The molecule has 2 fully saturated rings. The molecule has 0 radical (unpaired) electrons. The Morgan fingerprint density at radius 1 is 0.960 bits per heavy atom. The molecule has 3 atom stereocenters. The van der Waals surface area contributed by atoms with Crippen LogP contribution in [-0.2, 0) is 21.7 Å². The van der Waals surface area contributed by atoms with Gasteiger partial charge in [-0.15, -0.1) is 0 Å². The summed E-state index contributed by atoms with van der Waals surface area (Å²) in [6, 6.07) is 27.8. The van der Waals surface area contributed by atoms with E-state index in [1.54, 1.807) is 29.4 Å². The van der Waals surface area contributed by atoms with Crippen LogP contribution in [0.1, 0.15) is 43.0 Å². The van der Waals surface area contributed by atoms with Gasteiger partial charge in [-0.25, -0.2) is 14.0 Å². The third-order valence-electron chi connectivity index (χ3n) is 9.49. The molecule has 0 N–H and O–H groups in total. The van der Waals surface area contributed by atoms with Gasteiger partial charge in [0.15, 0.2) is 5.79 Å². The molecule has 0 aliphatic carbocycles. The number of nitriles is 1. The van der Waals surface area contributed by atoms with Gasteiger partial charge in [-0.05, 0) is 85.6 Å². The molecule has 5 aromatic rings. The molecule has 2 aliphatic rings. The Bertz CT molecular complexity index is 1980. The number of anilines is 2. The molecule has 12 nitrogen and oxygen atoms in total. The maximum Gasteiger partial charge on any atom is 0.350 e. The van der Waals surface area contributed by atoms with E-state index in [9.17, 15) is 10.1 Å². The fraction of sp³-hybridized carbons (Fsp3) is 0.342. The number of benzene rings is 3. The molecule has 50 heavy (non-hydrogen) atoms. The maximum absolute atomic E-state index is 12.8. The van der Waals surface area contributed by atoms with Crippen LogP contribution in [0.15, 0.2) is 102 Å². The summed E-state index contributed by atoms with van der Waals surface area (Å²) in [6.45, 7) is 8.26. The van der Waals surface area contributed by atoms with Gasteiger partial charge in [-0.1, -0.05) is 19.1 Å². The monoisotopic (exact) mass is 672 g/mol. The van der Waals surface area contributed by atoms with Gasteiger partial charge in [-0.3, -0.25) is 0 Å². The molecule has 2 aliphatic heterocycles. The second-order valence-corrected chi connectivity index (χ2v) is 12.7. The molecule has 4 heterocycles. The highest BCUT2D eigenvalue weighted by Crippen LogP contribution is 2.38. The molecule has 256 valence electrons. The average Bonchev–Trinajstić information content (AvgIpc) is 3.78. The summed E-state index contributed by atoms with van der Waals surface area (Å²) in [5.74, 6) is -0.304. The Morgan fingerprint density at radius 2 is 1.66 bits per heavy atom. The third kappa shape index (κ3) is 6.96. The Morgan fingerprint density at radius 3 is 2.32 bits per heavy atom. The Kier molecular flexibility index (Phi) is 9.60. The summed E-state index contributed by atoms with van der Waals surface area (Å²) in [7, 11) is 0. The lowest BCUT2D eigenvalue weighted by molar-refractivity contribution is -0.178. The van der Waals surface area contributed by atoms with Crippen molar-refractivity contribution in [3.05, 3.63) is 125 Å². The lowest BCUT2D eigenvalue weighted by Gasteiger charge is -2.37. The van der Waals surface area contributed by atoms with Crippen molar-refractivity contribution in [1.29, 1.82) is 5.26 Å². The average molecular weight is 673 g/mol. The number of rotatable bonds is 11. The van der Waals surface area contributed by atoms with E-state index in [2.05, 4.69) is 55.4 Å². The van der Waals surface area contributed by atoms with Gasteiger partial charge >= 0.3 is 5.69 Å². The quantitative estimate of drug-likeness (QED) is 0.192. The van der Waals surface area contributed by atoms with Crippen LogP contribution < -0.4 is 20.2 Å². The largest absolute Gasteiger partial charge is 0.491 e. The molecule has 2 saturated heterocycles. The molecular weight excluding hydrogens is 632 g/mol. The molecule has 0 spiro atoms. The van der Waals surface area contributed by atoms with Gasteiger partial charge in [0.2, 0.25) is 0 Å². The van der Waals surface area contributed by atoms with E-state index in [0.717, 1.165) is 66.5 Å². The SMILES string of the molecule is CCC(C)n1ncn(-c2ccc(N3CCN(c4ccc(OC[C@@H]5CO[C@@](Cc6ccnnc6)(c6cccc(C#N)c6)O5)cc4)CC3)cc2)c1=O. The van der Waals surface area contributed by atoms with E-state index in [1.165, 1.54) is 4.68 Å². The van der Waals surface area contributed by atoms with E-state index in [4.69, 9.17) is 14.2 Å². The summed E-state index contributed by atoms with van der Waals surface area (Å²) < 4.78 is 22.2. The number of ether oxygens (including phenoxy) is 3. The van der Waals surface area contributed by atoms with Gasteiger partial charge in [0.25, 0.3) is 0 Å². The molecule has 2 aromatic heterocycles. The second kappa shape index (κ2) is 14.5. The van der Waals surface area contributed by atoms with Crippen LogP contribution in [0.5, 0.6) is 5.75 Å². The number of piperazine rings is 1. The smallest absolute Gasteiger partial charge is 0.350 e. The zero-order chi connectivity index (χ0) is 34.5. The molecule has 3 aromatic carbocycles. The van der Waals surface area contributed by atoms with E-state index >= 15 is 0 Å². The maximum atomic E-state index is 12.8. The number of hydrogen-bond acceptors (Lipinski definition) is 10. The van der Waals surface area contributed by atoms with Crippen molar-refractivity contribution < 1.29 is 14.2 Å². The van der Waals surface area contributed by atoms with Crippen molar-refractivity contribution >= 4 is 11.4 Å². The van der Waals surface area contributed by atoms with Crippen LogP contribution >= 0.6 is 0 Å². The van der Waals surface area contributed by atoms with E-state index in [0.29, 0.717) is 25.2 Å². The van der Waals surface area contributed by atoms with E-state index in [-0.39, 0.29) is 17.8 Å². The van der Waals surface area contributed by atoms with Gasteiger partial charge in [0, 0.05) is 55.7 Å². The highest BCUT2D eigenvalue weighted by atomic mass is 16.8. The first kappa shape index (κ1) is 33.0. The topological polar surface area (TPSA) is 124 Å². The third-order valence-corrected chi connectivity index (χ3v) is 9.49. The highest BCUT2D eigenvalue weighted by molar-refractivity contribution is 5.54. The van der Waals surface area contributed by atoms with E-state index in [1.807, 2.05) is 62.4 Å². The second-order valence-electron chi connectivity index (χ2n) is 12.7. The van der Waals surface area contributed by atoms with Gasteiger partial charge in [-0.2, -0.15) is 20.6 Å². The van der Waals surface area contributed by atoms with Gasteiger partial charge in [0.05, 0.1) is 36.2 Å². The van der Waals surface area contributed by atoms with Crippen molar-refractivity contribution in [2.45, 2.75) is 44.6 Å². The summed E-state index contributed by atoms with van der Waals surface area (Å²) in [5, 5.41) is 21.7. The predicted molar refractivity (Wildman–Crippen MR) is 189 cm³/mol. The summed E-state index contributed by atoms with van der Waals surface area (Å²) in [5.41, 5.74) is 5.21. The number of aromatic nitrogens is 5. The summed E-state index contributed by atoms with van der Waals surface area (Å²) in [4.78, 5) is 17.6. The minimum Gasteiger partial charge on any atom is -0.491 e. The van der Waals surface area contributed by atoms with E-state index < -0.39 is 5.79 Å². The first-order valence-corrected chi connectivity index (χ1v) is 17.0. The fourth-order valence-electron chi connectivity index (χ4n) is 6.47. The van der Waals surface area contributed by atoms with Crippen molar-refractivity contribution in [3.8, 4) is 17.5 Å². The Labute approximate surface area is 291 Å². The zero-order valence-corrected chi connectivity index (χ0v) is 28.3. The minimum absolute atomic E-state index is 0.0640. The lowest BCUT2D eigenvalue weighted by Crippen LogP contribution is -2.46. The first-order valence-electron chi connectivity index (χ1n) is 17.0. The predicted octanol–water partition coefficient (Wildman–Crippen LogP) is 4.88. The fourth-order valence-corrected chi connectivity index (χ4v) is 6.47. The van der Waals surface area contributed by atoms with Crippen LogP contribution in [0, 0.1) is 11.3 Å². The molecular formula is C38H40N8O4.